The van der Waals surface area contributed by atoms with Crippen molar-refractivity contribution in [2.45, 2.75) is 62.0 Å². The van der Waals surface area contributed by atoms with Gasteiger partial charge in [0.15, 0.2) is 6.29 Å². The molecule has 6 heteroatoms. The van der Waals surface area contributed by atoms with Crippen LogP contribution in [-0.2, 0) is 19.6 Å². The van der Waals surface area contributed by atoms with Crippen molar-refractivity contribution >= 4 is 10.1 Å². The second kappa shape index (κ2) is 11.5. The Morgan fingerprint density at radius 1 is 0.800 bits per heavy atom. The molecule has 3 unspecified atom stereocenters. The van der Waals surface area contributed by atoms with Crippen LogP contribution >= 0.6 is 0 Å². The predicted octanol–water partition coefficient (Wildman–Crippen LogP) is 6.50. The van der Waals surface area contributed by atoms with E-state index in [0.29, 0.717) is 25.0 Å². The molecule has 35 heavy (non-hydrogen) atoms. The minimum absolute atomic E-state index is 0.183. The highest BCUT2D eigenvalue weighted by molar-refractivity contribution is 7.85. The third-order valence-corrected chi connectivity index (χ3v) is 7.86. The topological polar surface area (TPSA) is 75.7 Å². The maximum atomic E-state index is 11.4. The first-order valence-corrected chi connectivity index (χ1v) is 13.7. The van der Waals surface area contributed by atoms with Gasteiger partial charge in [-0.15, -0.1) is 0 Å². The Morgan fingerprint density at radius 2 is 1.37 bits per heavy atom. The fourth-order valence-electron chi connectivity index (χ4n) is 4.98. The van der Waals surface area contributed by atoms with Crippen molar-refractivity contribution in [3.8, 4) is 0 Å². The van der Waals surface area contributed by atoms with Crippen molar-refractivity contribution in [2.24, 2.45) is 0 Å². The van der Waals surface area contributed by atoms with Crippen molar-refractivity contribution < 1.29 is 22.4 Å². The lowest BCUT2D eigenvalue weighted by Gasteiger charge is -2.27. The molecule has 0 amide bonds. The summed E-state index contributed by atoms with van der Waals surface area (Å²) in [6.45, 7) is 5.66. The predicted molar refractivity (Wildman–Crippen MR) is 135 cm³/mol. The van der Waals surface area contributed by atoms with Gasteiger partial charge in [0.25, 0.3) is 0 Å². The Hall–Kier alpha value is -2.51. The quantitative estimate of drug-likeness (QED) is 0.301. The molecule has 3 aromatic carbocycles. The van der Waals surface area contributed by atoms with Gasteiger partial charge in [0.1, 0.15) is 10.1 Å². The molecule has 1 heterocycles. The summed E-state index contributed by atoms with van der Waals surface area (Å²) in [6.07, 6.45) is 2.54. The Balaban J connectivity index is 1.58. The zero-order valence-corrected chi connectivity index (χ0v) is 21.1. The lowest BCUT2D eigenvalue weighted by atomic mass is 9.78. The van der Waals surface area contributed by atoms with Crippen LogP contribution in [-0.4, -0.2) is 26.2 Å². The van der Waals surface area contributed by atoms with Gasteiger partial charge in [0.2, 0.25) is 0 Å². The van der Waals surface area contributed by atoms with Crippen LogP contribution in [0.2, 0.25) is 0 Å². The van der Waals surface area contributed by atoms with E-state index in [1.165, 1.54) is 23.3 Å². The number of benzene rings is 3. The fourth-order valence-corrected chi connectivity index (χ4v) is 5.45. The smallest absolute Gasteiger partial charge is 0.184 e. The molecule has 0 spiro atoms. The van der Waals surface area contributed by atoms with Crippen LogP contribution in [0.4, 0.5) is 0 Å². The molecule has 1 fully saturated rings. The van der Waals surface area contributed by atoms with Crippen LogP contribution < -0.4 is 0 Å². The average Bonchev–Trinajstić information content (AvgIpc) is 3.42. The highest BCUT2D eigenvalue weighted by Gasteiger charge is 2.23. The van der Waals surface area contributed by atoms with Gasteiger partial charge in [-0.1, -0.05) is 80.6 Å². The lowest BCUT2D eigenvalue weighted by Crippen LogP contribution is -2.10. The fraction of sp³-hybridized carbons (Fsp3) is 0.379. The zero-order valence-electron chi connectivity index (χ0n) is 20.3. The second-order valence-electron chi connectivity index (χ2n) is 9.35. The molecule has 0 saturated carbocycles. The van der Waals surface area contributed by atoms with E-state index < -0.39 is 10.1 Å². The molecule has 1 aliphatic heterocycles. The standard InChI is InChI=1S/C29H34O5S/c1-3-22(24-13-15-28(16-14-24)35(30,31)32)20-27(19-21(2)23-7-5-4-6-8-23)25-9-11-26(12-10-25)29-33-17-18-34-29/h4-16,21-22,27,29H,3,17-20H2,1-2H3,(H,30,31,32)/p-1. The first-order chi connectivity index (χ1) is 16.8. The Bertz CT molecular complexity index is 1170. The molecule has 1 saturated heterocycles. The summed E-state index contributed by atoms with van der Waals surface area (Å²) in [4.78, 5) is -0.183. The number of hydrogen-bond acceptors (Lipinski definition) is 5. The van der Waals surface area contributed by atoms with Crippen LogP contribution in [0.1, 0.15) is 79.4 Å². The molecule has 186 valence electrons. The van der Waals surface area contributed by atoms with Crippen LogP contribution in [0.5, 0.6) is 0 Å². The van der Waals surface area contributed by atoms with Gasteiger partial charge in [-0.05, 0) is 65.8 Å². The summed E-state index contributed by atoms with van der Waals surface area (Å²) in [6, 6.07) is 25.6. The Labute approximate surface area is 208 Å². The molecule has 5 nitrogen and oxygen atoms in total. The molecule has 0 aliphatic carbocycles. The largest absolute Gasteiger partial charge is 0.744 e. The molecule has 1 aliphatic rings. The van der Waals surface area contributed by atoms with E-state index in [1.54, 1.807) is 12.1 Å². The van der Waals surface area contributed by atoms with E-state index in [-0.39, 0.29) is 17.1 Å². The first-order valence-electron chi connectivity index (χ1n) is 12.3. The van der Waals surface area contributed by atoms with E-state index in [1.807, 2.05) is 6.07 Å². The second-order valence-corrected chi connectivity index (χ2v) is 10.7. The minimum atomic E-state index is -4.45. The average molecular weight is 494 g/mol. The van der Waals surface area contributed by atoms with Gasteiger partial charge >= 0.3 is 0 Å². The molecule has 4 rings (SSSR count). The van der Waals surface area contributed by atoms with Gasteiger partial charge in [-0.2, -0.15) is 0 Å². The van der Waals surface area contributed by atoms with Gasteiger partial charge in [0, 0.05) is 5.56 Å². The number of hydrogen-bond donors (Lipinski definition) is 0. The minimum Gasteiger partial charge on any atom is -0.744 e. The van der Waals surface area contributed by atoms with Crippen LogP contribution in [0.3, 0.4) is 0 Å². The van der Waals surface area contributed by atoms with Gasteiger partial charge in [-0.25, -0.2) is 8.42 Å². The summed E-state index contributed by atoms with van der Waals surface area (Å²) in [5.41, 5.74) is 4.68. The Morgan fingerprint density at radius 3 is 1.94 bits per heavy atom. The Kier molecular flexibility index (Phi) is 8.39. The van der Waals surface area contributed by atoms with E-state index in [0.717, 1.165) is 30.4 Å². The maximum Gasteiger partial charge on any atom is 0.184 e. The normalized spacial score (nSPS) is 17.2. The molecular formula is C29H33O5S-. The number of ether oxygens (including phenoxy) is 2. The summed E-state index contributed by atoms with van der Waals surface area (Å²) in [7, 11) is -4.45. The van der Waals surface area contributed by atoms with Crippen molar-refractivity contribution in [1.29, 1.82) is 0 Å². The van der Waals surface area contributed by atoms with E-state index in [9.17, 15) is 13.0 Å². The molecule has 0 bridgehead atoms. The zero-order chi connectivity index (χ0) is 24.8. The van der Waals surface area contributed by atoms with Crippen molar-refractivity contribution in [1.82, 2.24) is 0 Å². The van der Waals surface area contributed by atoms with E-state index in [4.69, 9.17) is 9.47 Å². The highest BCUT2D eigenvalue weighted by Crippen LogP contribution is 2.39. The van der Waals surface area contributed by atoms with Crippen molar-refractivity contribution in [2.75, 3.05) is 13.2 Å². The van der Waals surface area contributed by atoms with Crippen LogP contribution in [0.25, 0.3) is 0 Å². The molecular weight excluding hydrogens is 460 g/mol. The lowest BCUT2D eigenvalue weighted by molar-refractivity contribution is -0.0441. The molecule has 3 atom stereocenters. The van der Waals surface area contributed by atoms with Gasteiger partial charge < -0.3 is 14.0 Å². The molecule has 0 radical (unpaired) electrons. The van der Waals surface area contributed by atoms with Crippen LogP contribution in [0, 0.1) is 0 Å². The van der Waals surface area contributed by atoms with E-state index >= 15 is 0 Å². The highest BCUT2D eigenvalue weighted by atomic mass is 32.2. The summed E-state index contributed by atoms with van der Waals surface area (Å²) < 4.78 is 45.4. The van der Waals surface area contributed by atoms with Crippen LogP contribution in [0.15, 0.2) is 83.8 Å². The van der Waals surface area contributed by atoms with E-state index in [2.05, 4.69) is 62.4 Å². The first kappa shape index (κ1) is 25.6. The third kappa shape index (κ3) is 6.58. The van der Waals surface area contributed by atoms with Gasteiger partial charge in [-0.3, -0.25) is 0 Å². The monoisotopic (exact) mass is 493 g/mol. The molecule has 3 aromatic rings. The molecule has 0 aromatic heterocycles. The maximum absolute atomic E-state index is 11.4. The van der Waals surface area contributed by atoms with Gasteiger partial charge in [0.05, 0.1) is 18.1 Å². The third-order valence-electron chi connectivity index (χ3n) is 7.01. The summed E-state index contributed by atoms with van der Waals surface area (Å²) in [5, 5.41) is 0. The number of rotatable bonds is 10. The summed E-state index contributed by atoms with van der Waals surface area (Å²) >= 11 is 0. The van der Waals surface area contributed by atoms with Crippen molar-refractivity contribution in [3.05, 3.63) is 101 Å². The molecule has 0 N–H and O–H groups in total. The summed E-state index contributed by atoms with van der Waals surface area (Å²) in [5.74, 6) is 0.929. The van der Waals surface area contributed by atoms with Crippen molar-refractivity contribution in [3.63, 3.8) is 0 Å². The SMILES string of the molecule is CCC(CC(CC(C)c1ccccc1)c1ccc(C2OCCO2)cc1)c1ccc(S(=O)(=O)[O-])cc1.